The van der Waals surface area contributed by atoms with Crippen molar-refractivity contribution in [1.29, 1.82) is 0 Å². The van der Waals surface area contributed by atoms with Crippen LogP contribution < -0.4 is 11.1 Å². The molecular formula is C13H28N2O2S. The molecule has 5 heteroatoms. The first-order valence-corrected chi connectivity index (χ1v) is 7.79. The molecule has 0 heterocycles. The number of nitrogens with two attached hydrogens (primary N) is 1. The van der Waals surface area contributed by atoms with Crippen molar-refractivity contribution in [2.45, 2.75) is 64.8 Å². The number of hydrogen-bond acceptors (Lipinski definition) is 4. The molecule has 0 rings (SSSR count). The molecule has 18 heavy (non-hydrogen) atoms. The van der Waals surface area contributed by atoms with Crippen molar-refractivity contribution in [3.8, 4) is 0 Å². The average molecular weight is 276 g/mol. The predicted octanol–water partition coefficient (Wildman–Crippen LogP) is 1.78. The van der Waals surface area contributed by atoms with Crippen molar-refractivity contribution in [2.75, 3.05) is 12.0 Å². The van der Waals surface area contributed by atoms with Crippen LogP contribution in [0.25, 0.3) is 0 Å². The molecule has 1 unspecified atom stereocenters. The average Bonchev–Trinajstić information content (AvgIpc) is 2.22. The summed E-state index contributed by atoms with van der Waals surface area (Å²) in [5.74, 6) is 0.894. The van der Waals surface area contributed by atoms with Crippen molar-refractivity contribution in [1.82, 2.24) is 5.32 Å². The normalized spacial score (nSPS) is 17.1. The molecule has 1 amide bonds. The van der Waals surface area contributed by atoms with Crippen molar-refractivity contribution in [3.63, 3.8) is 0 Å². The van der Waals surface area contributed by atoms with Gasteiger partial charge >= 0.3 is 0 Å². The van der Waals surface area contributed by atoms with E-state index < -0.39 is 6.04 Å². The lowest BCUT2D eigenvalue weighted by molar-refractivity contribution is -0.130. The Morgan fingerprint density at radius 1 is 1.39 bits per heavy atom. The first-order chi connectivity index (χ1) is 8.17. The van der Waals surface area contributed by atoms with Crippen LogP contribution in [0, 0.1) is 0 Å². The van der Waals surface area contributed by atoms with E-state index in [4.69, 9.17) is 10.5 Å². The Bertz CT molecular complexity index is 254. The lowest BCUT2D eigenvalue weighted by Gasteiger charge is -2.29. The molecule has 0 bridgehead atoms. The highest BCUT2D eigenvalue weighted by Gasteiger charge is 2.26. The second-order valence-electron chi connectivity index (χ2n) is 5.65. The lowest BCUT2D eigenvalue weighted by Crippen LogP contribution is -2.51. The summed E-state index contributed by atoms with van der Waals surface area (Å²) in [6.07, 6.45) is 2.71. The quantitative estimate of drug-likeness (QED) is 0.744. The van der Waals surface area contributed by atoms with E-state index in [9.17, 15) is 4.79 Å². The van der Waals surface area contributed by atoms with Gasteiger partial charge in [-0.15, -0.1) is 0 Å². The van der Waals surface area contributed by atoms with Gasteiger partial charge in [0.2, 0.25) is 5.91 Å². The highest BCUT2D eigenvalue weighted by molar-refractivity contribution is 7.98. The van der Waals surface area contributed by atoms with E-state index in [0.717, 1.165) is 12.2 Å². The molecule has 0 aliphatic heterocycles. The second-order valence-corrected chi connectivity index (χ2v) is 6.64. The van der Waals surface area contributed by atoms with Gasteiger partial charge in [-0.25, -0.2) is 0 Å². The maximum Gasteiger partial charge on any atom is 0.239 e. The Labute approximate surface area is 115 Å². The number of thioether (sulfide) groups is 1. The van der Waals surface area contributed by atoms with Crippen molar-refractivity contribution < 1.29 is 9.53 Å². The Kier molecular flexibility index (Phi) is 7.90. The molecule has 0 aromatic rings. The standard InChI is InChI=1S/C13H28N2O2S/c1-9(7-8-18-6)15-12(16)11(14)10(2)17-13(3,4)5/h9-11H,7-8,14H2,1-6H3,(H,15,16)/t9?,10-,11+/m1/s1. The Hall–Kier alpha value is -0.260. The fourth-order valence-electron chi connectivity index (χ4n) is 1.55. The molecule has 0 aromatic carbocycles. The van der Waals surface area contributed by atoms with Gasteiger partial charge in [-0.3, -0.25) is 4.79 Å². The van der Waals surface area contributed by atoms with Gasteiger partial charge in [-0.2, -0.15) is 11.8 Å². The SMILES string of the molecule is CSCCC(C)NC(=O)[C@@H](N)[C@@H](C)OC(C)(C)C. The molecule has 4 nitrogen and oxygen atoms in total. The summed E-state index contributed by atoms with van der Waals surface area (Å²) in [6, 6.07) is -0.473. The Morgan fingerprint density at radius 3 is 2.39 bits per heavy atom. The van der Waals surface area contributed by atoms with Crippen LogP contribution in [-0.2, 0) is 9.53 Å². The number of rotatable bonds is 7. The number of nitrogens with one attached hydrogen (secondary N) is 1. The fourth-order valence-corrected chi connectivity index (χ4v) is 2.14. The Balaban J connectivity index is 4.16. The zero-order valence-electron chi connectivity index (χ0n) is 12.4. The minimum atomic E-state index is -0.624. The monoisotopic (exact) mass is 276 g/mol. The third-order valence-electron chi connectivity index (χ3n) is 2.49. The van der Waals surface area contributed by atoms with Crippen LogP contribution in [0.3, 0.4) is 0 Å². The predicted molar refractivity (Wildman–Crippen MR) is 78.9 cm³/mol. The molecule has 0 aliphatic carbocycles. The second kappa shape index (κ2) is 8.02. The van der Waals surface area contributed by atoms with Gasteiger partial charge < -0.3 is 15.8 Å². The van der Waals surface area contributed by atoms with Crippen LogP contribution in [0.15, 0.2) is 0 Å². The van der Waals surface area contributed by atoms with Crippen LogP contribution in [0.1, 0.15) is 41.0 Å². The van der Waals surface area contributed by atoms with E-state index in [2.05, 4.69) is 11.6 Å². The summed E-state index contributed by atoms with van der Waals surface area (Å²) < 4.78 is 5.69. The zero-order chi connectivity index (χ0) is 14.3. The van der Waals surface area contributed by atoms with Crippen molar-refractivity contribution in [3.05, 3.63) is 0 Å². The number of amides is 1. The lowest BCUT2D eigenvalue weighted by atomic mass is 10.1. The molecule has 0 spiro atoms. The molecule has 0 aliphatic rings. The molecule has 0 saturated heterocycles. The van der Waals surface area contributed by atoms with Crippen molar-refractivity contribution in [2.24, 2.45) is 5.73 Å². The van der Waals surface area contributed by atoms with Gasteiger partial charge in [0, 0.05) is 6.04 Å². The number of carbonyl (C=O) groups is 1. The van der Waals surface area contributed by atoms with Crippen molar-refractivity contribution >= 4 is 17.7 Å². The topological polar surface area (TPSA) is 64.4 Å². The third-order valence-corrected chi connectivity index (χ3v) is 3.14. The first-order valence-electron chi connectivity index (χ1n) is 6.40. The molecule has 0 radical (unpaired) electrons. The number of ether oxygens (including phenoxy) is 1. The fraction of sp³-hybridized carbons (Fsp3) is 0.923. The van der Waals surface area contributed by atoms with Gasteiger partial charge in [0.1, 0.15) is 6.04 Å². The van der Waals surface area contributed by atoms with Gasteiger partial charge in [-0.1, -0.05) is 0 Å². The number of carbonyl (C=O) groups excluding carboxylic acids is 1. The van der Waals surface area contributed by atoms with Gasteiger partial charge in [0.15, 0.2) is 0 Å². The van der Waals surface area contributed by atoms with E-state index in [1.54, 1.807) is 11.8 Å². The van der Waals surface area contributed by atoms with Gasteiger partial charge in [0.05, 0.1) is 11.7 Å². The molecule has 0 saturated carbocycles. The summed E-state index contributed by atoms with van der Waals surface area (Å²) in [4.78, 5) is 11.9. The Morgan fingerprint density at radius 2 is 1.94 bits per heavy atom. The van der Waals surface area contributed by atoms with E-state index in [1.165, 1.54) is 0 Å². The van der Waals surface area contributed by atoms with Gasteiger partial charge in [-0.05, 0) is 53.0 Å². The zero-order valence-corrected chi connectivity index (χ0v) is 13.3. The summed E-state index contributed by atoms with van der Waals surface area (Å²) in [5, 5.41) is 2.92. The smallest absolute Gasteiger partial charge is 0.239 e. The third kappa shape index (κ3) is 7.95. The minimum Gasteiger partial charge on any atom is -0.371 e. The summed E-state index contributed by atoms with van der Waals surface area (Å²) in [6.45, 7) is 9.69. The summed E-state index contributed by atoms with van der Waals surface area (Å²) >= 11 is 1.77. The molecule has 0 aromatic heterocycles. The van der Waals surface area contributed by atoms with Crippen LogP contribution >= 0.6 is 11.8 Å². The first kappa shape index (κ1) is 17.7. The maximum absolute atomic E-state index is 11.9. The highest BCUT2D eigenvalue weighted by atomic mass is 32.2. The largest absolute Gasteiger partial charge is 0.371 e. The van der Waals surface area contributed by atoms with Gasteiger partial charge in [0.25, 0.3) is 0 Å². The maximum atomic E-state index is 11.9. The van der Waals surface area contributed by atoms with Crippen LogP contribution in [0.2, 0.25) is 0 Å². The van der Waals surface area contributed by atoms with E-state index in [-0.39, 0.29) is 23.7 Å². The molecule has 108 valence electrons. The molecule has 3 atom stereocenters. The van der Waals surface area contributed by atoms with E-state index in [0.29, 0.717) is 0 Å². The van der Waals surface area contributed by atoms with E-state index >= 15 is 0 Å². The summed E-state index contributed by atoms with van der Waals surface area (Å²) in [5.41, 5.74) is 5.61. The molecule has 0 fully saturated rings. The highest BCUT2D eigenvalue weighted by Crippen LogP contribution is 2.12. The minimum absolute atomic E-state index is 0.139. The van der Waals surface area contributed by atoms with Crippen LogP contribution in [-0.4, -0.2) is 41.7 Å². The molecule has 3 N–H and O–H groups in total. The van der Waals surface area contributed by atoms with Crippen LogP contribution in [0.4, 0.5) is 0 Å². The number of hydrogen-bond donors (Lipinski definition) is 2. The summed E-state index contributed by atoms with van der Waals surface area (Å²) in [7, 11) is 0. The van der Waals surface area contributed by atoms with Crippen LogP contribution in [0.5, 0.6) is 0 Å². The van der Waals surface area contributed by atoms with E-state index in [1.807, 2.05) is 34.6 Å². The molecular weight excluding hydrogens is 248 g/mol.